The van der Waals surface area contributed by atoms with Crippen LogP contribution in [0.5, 0.6) is 0 Å². The molecule has 0 saturated heterocycles. The number of anilines is 1. The fraction of sp³-hybridized carbons (Fsp3) is 0.278. The summed E-state index contributed by atoms with van der Waals surface area (Å²) in [6.07, 6.45) is 0. The van der Waals surface area contributed by atoms with E-state index < -0.39 is 0 Å². The molecule has 0 spiro atoms. The van der Waals surface area contributed by atoms with Crippen molar-refractivity contribution in [3.63, 3.8) is 0 Å². The van der Waals surface area contributed by atoms with E-state index >= 15 is 0 Å². The Kier molecular flexibility index (Phi) is 5.59. The van der Waals surface area contributed by atoms with Crippen LogP contribution in [-0.2, 0) is 0 Å². The highest BCUT2D eigenvalue weighted by Gasteiger charge is 2.08. The number of rotatable bonds is 3. The van der Waals surface area contributed by atoms with Crippen molar-refractivity contribution in [2.24, 2.45) is 0 Å². The lowest BCUT2D eigenvalue weighted by molar-refractivity contribution is 0.721. The molecule has 4 heteroatoms. The highest BCUT2D eigenvalue weighted by molar-refractivity contribution is 9.10. The third-order valence-electron chi connectivity index (χ3n) is 3.79. The average Bonchev–Trinajstić information content (AvgIpc) is 2.45. The highest BCUT2D eigenvalue weighted by atomic mass is 79.9. The van der Waals surface area contributed by atoms with Gasteiger partial charge < -0.3 is 10.6 Å². The Hall–Kier alpha value is -1.39. The van der Waals surface area contributed by atoms with Crippen LogP contribution in [-0.4, -0.2) is 5.11 Å². The topological polar surface area (TPSA) is 24.1 Å². The third-order valence-corrected chi connectivity index (χ3v) is 4.90. The monoisotopic (exact) mass is 376 g/mol. The van der Waals surface area contributed by atoms with Gasteiger partial charge in [-0.25, -0.2) is 0 Å². The minimum Gasteiger partial charge on any atom is -0.356 e. The molecule has 0 bridgehead atoms. The number of hydrogen-bond donors (Lipinski definition) is 2. The fourth-order valence-corrected chi connectivity index (χ4v) is 2.74. The maximum absolute atomic E-state index is 5.41. The van der Waals surface area contributed by atoms with Crippen molar-refractivity contribution >= 4 is 38.9 Å². The van der Waals surface area contributed by atoms with Crippen molar-refractivity contribution in [2.45, 2.75) is 33.7 Å². The molecule has 1 atom stereocenters. The molecule has 116 valence electrons. The third kappa shape index (κ3) is 4.31. The molecule has 0 amide bonds. The molecule has 0 heterocycles. The first-order valence-corrected chi connectivity index (χ1v) is 8.48. The first kappa shape index (κ1) is 17.0. The van der Waals surface area contributed by atoms with Crippen molar-refractivity contribution < 1.29 is 0 Å². The van der Waals surface area contributed by atoms with E-state index in [0.717, 1.165) is 10.2 Å². The molecule has 0 fully saturated rings. The van der Waals surface area contributed by atoms with Crippen LogP contribution < -0.4 is 10.6 Å². The summed E-state index contributed by atoms with van der Waals surface area (Å²) in [6.45, 7) is 8.43. The van der Waals surface area contributed by atoms with Gasteiger partial charge in [0.1, 0.15) is 0 Å². The molecule has 0 aromatic heterocycles. The minimum atomic E-state index is 0.163. The van der Waals surface area contributed by atoms with Gasteiger partial charge in [0.25, 0.3) is 0 Å². The summed E-state index contributed by atoms with van der Waals surface area (Å²) in [5.74, 6) is 0. The maximum Gasteiger partial charge on any atom is 0.171 e. The molecule has 22 heavy (non-hydrogen) atoms. The van der Waals surface area contributed by atoms with Crippen molar-refractivity contribution in [2.75, 3.05) is 5.32 Å². The Morgan fingerprint density at radius 1 is 1.00 bits per heavy atom. The zero-order valence-electron chi connectivity index (χ0n) is 13.3. The van der Waals surface area contributed by atoms with Gasteiger partial charge in [0.2, 0.25) is 0 Å². The summed E-state index contributed by atoms with van der Waals surface area (Å²) in [6, 6.07) is 12.8. The standard InChI is InChI=1S/C18H21BrN2S/c1-11-5-6-15(9-12(11)2)14(4)20-18(22)21-16-7-8-17(19)13(3)10-16/h5-10,14H,1-4H3,(H2,20,21,22)/t14-/m1/s1. The lowest BCUT2D eigenvalue weighted by Crippen LogP contribution is -2.30. The van der Waals surface area contributed by atoms with Crippen molar-refractivity contribution in [3.05, 3.63) is 63.1 Å². The number of aryl methyl sites for hydroxylation is 3. The molecule has 0 aliphatic heterocycles. The van der Waals surface area contributed by atoms with Gasteiger partial charge in [-0.05, 0) is 80.4 Å². The summed E-state index contributed by atoms with van der Waals surface area (Å²) in [5, 5.41) is 7.20. The van der Waals surface area contributed by atoms with Gasteiger partial charge in [0.05, 0.1) is 6.04 Å². The summed E-state index contributed by atoms with van der Waals surface area (Å²) in [4.78, 5) is 0. The molecule has 2 rings (SSSR count). The summed E-state index contributed by atoms with van der Waals surface area (Å²) in [7, 11) is 0. The SMILES string of the molecule is Cc1ccc([C@@H](C)NC(=S)Nc2ccc(Br)c(C)c2)cc1C. The Morgan fingerprint density at radius 3 is 2.36 bits per heavy atom. The van der Waals surface area contributed by atoms with Gasteiger partial charge in [0, 0.05) is 10.2 Å². The van der Waals surface area contributed by atoms with Gasteiger partial charge >= 0.3 is 0 Å². The first-order chi connectivity index (χ1) is 10.4. The van der Waals surface area contributed by atoms with Gasteiger partial charge in [0.15, 0.2) is 5.11 Å². The van der Waals surface area contributed by atoms with Crippen LogP contribution in [0, 0.1) is 20.8 Å². The van der Waals surface area contributed by atoms with E-state index in [1.54, 1.807) is 0 Å². The van der Waals surface area contributed by atoms with Crippen molar-refractivity contribution in [1.82, 2.24) is 5.32 Å². The van der Waals surface area contributed by atoms with Crippen LogP contribution in [0.2, 0.25) is 0 Å². The van der Waals surface area contributed by atoms with Crippen LogP contribution in [0.3, 0.4) is 0 Å². The predicted molar refractivity (Wildman–Crippen MR) is 103 cm³/mol. The van der Waals surface area contributed by atoms with Gasteiger partial charge in [-0.3, -0.25) is 0 Å². The van der Waals surface area contributed by atoms with E-state index in [2.05, 4.69) is 78.5 Å². The van der Waals surface area contributed by atoms with Gasteiger partial charge in [-0.1, -0.05) is 34.1 Å². The van der Waals surface area contributed by atoms with Crippen LogP contribution in [0.1, 0.15) is 35.2 Å². The van der Waals surface area contributed by atoms with Crippen molar-refractivity contribution in [1.29, 1.82) is 0 Å². The van der Waals surface area contributed by atoms with Crippen LogP contribution in [0.4, 0.5) is 5.69 Å². The van der Waals surface area contributed by atoms with E-state index in [0.29, 0.717) is 5.11 Å². The molecule has 2 aromatic carbocycles. The molecule has 2 nitrogen and oxygen atoms in total. The highest BCUT2D eigenvalue weighted by Crippen LogP contribution is 2.20. The Bertz CT molecular complexity index is 697. The molecule has 0 aliphatic rings. The van der Waals surface area contributed by atoms with Crippen LogP contribution in [0.25, 0.3) is 0 Å². The Morgan fingerprint density at radius 2 is 1.73 bits per heavy atom. The summed E-state index contributed by atoms with van der Waals surface area (Å²) in [5.41, 5.74) is 6.01. The molecule has 2 N–H and O–H groups in total. The fourth-order valence-electron chi connectivity index (χ4n) is 2.20. The smallest absolute Gasteiger partial charge is 0.171 e. The normalized spacial score (nSPS) is 11.9. The van der Waals surface area contributed by atoms with E-state index in [4.69, 9.17) is 12.2 Å². The number of halogens is 1. The lowest BCUT2D eigenvalue weighted by Gasteiger charge is -2.18. The first-order valence-electron chi connectivity index (χ1n) is 7.27. The van der Waals surface area contributed by atoms with Crippen LogP contribution >= 0.6 is 28.1 Å². The van der Waals surface area contributed by atoms with Gasteiger partial charge in [-0.15, -0.1) is 0 Å². The quantitative estimate of drug-likeness (QED) is 0.699. The predicted octanol–water partition coefficient (Wildman–Crippen LogP) is 5.42. The number of thiocarbonyl (C=S) groups is 1. The molecule has 0 aliphatic carbocycles. The summed E-state index contributed by atoms with van der Waals surface area (Å²) >= 11 is 8.92. The largest absolute Gasteiger partial charge is 0.356 e. The second kappa shape index (κ2) is 7.25. The molecule has 2 aromatic rings. The number of benzene rings is 2. The minimum absolute atomic E-state index is 0.163. The lowest BCUT2D eigenvalue weighted by atomic mass is 10.0. The Labute approximate surface area is 146 Å². The molecular formula is C18H21BrN2S. The molecule has 0 radical (unpaired) electrons. The van der Waals surface area contributed by atoms with E-state index in [1.807, 2.05) is 12.1 Å². The second-order valence-corrected chi connectivity index (χ2v) is 6.89. The van der Waals surface area contributed by atoms with E-state index in [-0.39, 0.29) is 6.04 Å². The molecule has 0 unspecified atom stereocenters. The zero-order chi connectivity index (χ0) is 16.3. The average molecular weight is 377 g/mol. The van der Waals surface area contributed by atoms with E-state index in [1.165, 1.54) is 22.3 Å². The number of nitrogens with one attached hydrogen (secondary N) is 2. The van der Waals surface area contributed by atoms with E-state index in [9.17, 15) is 0 Å². The van der Waals surface area contributed by atoms with Crippen LogP contribution in [0.15, 0.2) is 40.9 Å². The zero-order valence-corrected chi connectivity index (χ0v) is 15.7. The van der Waals surface area contributed by atoms with Crippen molar-refractivity contribution in [3.8, 4) is 0 Å². The second-order valence-electron chi connectivity index (χ2n) is 5.63. The summed E-state index contributed by atoms with van der Waals surface area (Å²) < 4.78 is 1.10. The maximum atomic E-state index is 5.41. The van der Waals surface area contributed by atoms with Gasteiger partial charge in [-0.2, -0.15) is 0 Å². The number of hydrogen-bond acceptors (Lipinski definition) is 1. The molecular weight excluding hydrogens is 356 g/mol. The molecule has 0 saturated carbocycles. The Balaban J connectivity index is 2.01.